The van der Waals surface area contributed by atoms with E-state index >= 15 is 0 Å². The number of hydrogen-bond acceptors (Lipinski definition) is 4. The monoisotopic (exact) mass is 358 g/mol. The predicted octanol–water partition coefficient (Wildman–Crippen LogP) is 2.57. The Morgan fingerprint density at radius 2 is 1.56 bits per heavy atom. The van der Waals surface area contributed by atoms with Crippen molar-refractivity contribution in [1.82, 2.24) is 10.6 Å². The molecule has 25 heavy (non-hydrogen) atoms. The van der Waals surface area contributed by atoms with Crippen molar-refractivity contribution in [2.45, 2.75) is 19.1 Å². The molecule has 0 saturated heterocycles. The molecule has 0 saturated carbocycles. The van der Waals surface area contributed by atoms with E-state index in [9.17, 15) is 9.59 Å². The van der Waals surface area contributed by atoms with Gasteiger partial charge in [-0.2, -0.15) is 12.6 Å². The van der Waals surface area contributed by atoms with Crippen LogP contribution in [0.15, 0.2) is 60.7 Å². The van der Waals surface area contributed by atoms with E-state index < -0.39 is 12.1 Å². The summed E-state index contributed by atoms with van der Waals surface area (Å²) in [5.74, 6) is -0.0833. The third kappa shape index (κ3) is 6.89. The van der Waals surface area contributed by atoms with Crippen LogP contribution in [-0.4, -0.2) is 30.3 Å². The van der Waals surface area contributed by atoms with Crippen LogP contribution >= 0.6 is 12.6 Å². The molecule has 0 heterocycles. The summed E-state index contributed by atoms with van der Waals surface area (Å²) in [6, 6.07) is 18.5. The van der Waals surface area contributed by atoms with Crippen molar-refractivity contribution in [3.05, 3.63) is 71.8 Å². The lowest BCUT2D eigenvalue weighted by Gasteiger charge is -2.16. The molecule has 0 unspecified atom stereocenters. The Bertz CT molecular complexity index is 665. The average molecular weight is 358 g/mol. The lowest BCUT2D eigenvalue weighted by molar-refractivity contribution is -0.122. The number of nitrogens with one attached hydrogen (secondary N) is 2. The number of ether oxygens (including phenoxy) is 1. The van der Waals surface area contributed by atoms with E-state index in [0.717, 1.165) is 17.5 Å². The quantitative estimate of drug-likeness (QED) is 0.636. The van der Waals surface area contributed by atoms with Crippen molar-refractivity contribution in [2.75, 3.05) is 12.3 Å². The van der Waals surface area contributed by atoms with E-state index in [1.54, 1.807) is 0 Å². The second-order valence-electron chi connectivity index (χ2n) is 5.47. The second-order valence-corrected chi connectivity index (χ2v) is 5.83. The van der Waals surface area contributed by atoms with Gasteiger partial charge in [-0.25, -0.2) is 4.79 Å². The first kappa shape index (κ1) is 18.9. The molecule has 0 aliphatic heterocycles. The third-order valence-electron chi connectivity index (χ3n) is 3.56. The van der Waals surface area contributed by atoms with Gasteiger partial charge in [-0.05, 0) is 17.5 Å². The molecule has 2 amide bonds. The minimum absolute atomic E-state index is 0.154. The maximum absolute atomic E-state index is 12.1. The molecule has 2 aromatic carbocycles. The molecule has 2 rings (SSSR count). The largest absolute Gasteiger partial charge is 0.445 e. The maximum Gasteiger partial charge on any atom is 0.408 e. The second kappa shape index (κ2) is 10.4. The van der Waals surface area contributed by atoms with E-state index in [1.807, 2.05) is 60.7 Å². The van der Waals surface area contributed by atoms with Crippen LogP contribution in [0.5, 0.6) is 0 Å². The van der Waals surface area contributed by atoms with Crippen LogP contribution in [0.3, 0.4) is 0 Å². The molecule has 0 aromatic heterocycles. The normalized spacial score (nSPS) is 11.4. The first-order chi connectivity index (χ1) is 12.2. The van der Waals surface area contributed by atoms with Crippen molar-refractivity contribution >= 4 is 24.6 Å². The Morgan fingerprint density at radius 1 is 0.960 bits per heavy atom. The molecule has 132 valence electrons. The molecule has 2 N–H and O–H groups in total. The molecular weight excluding hydrogens is 336 g/mol. The fraction of sp³-hybridized carbons (Fsp3) is 0.263. The number of carbonyl (C=O) groups excluding carboxylic acids is 2. The number of thiol groups is 1. The van der Waals surface area contributed by atoms with Crippen molar-refractivity contribution < 1.29 is 14.3 Å². The summed E-state index contributed by atoms with van der Waals surface area (Å²) in [5.41, 5.74) is 2.02. The van der Waals surface area contributed by atoms with Gasteiger partial charge in [0.2, 0.25) is 5.91 Å². The third-order valence-corrected chi connectivity index (χ3v) is 3.92. The highest BCUT2D eigenvalue weighted by Crippen LogP contribution is 2.01. The van der Waals surface area contributed by atoms with Gasteiger partial charge in [0.1, 0.15) is 12.6 Å². The zero-order valence-corrected chi connectivity index (χ0v) is 14.7. The van der Waals surface area contributed by atoms with Crippen LogP contribution < -0.4 is 10.6 Å². The van der Waals surface area contributed by atoms with Gasteiger partial charge in [0, 0.05) is 12.3 Å². The highest BCUT2D eigenvalue weighted by molar-refractivity contribution is 7.80. The number of carbonyl (C=O) groups is 2. The smallest absolute Gasteiger partial charge is 0.408 e. The summed E-state index contributed by atoms with van der Waals surface area (Å²) in [4.78, 5) is 24.0. The Morgan fingerprint density at radius 3 is 2.16 bits per heavy atom. The van der Waals surface area contributed by atoms with Crippen molar-refractivity contribution in [3.63, 3.8) is 0 Å². The Balaban J connectivity index is 1.72. The molecule has 6 heteroatoms. The van der Waals surface area contributed by atoms with Crippen LogP contribution in [0.25, 0.3) is 0 Å². The predicted molar refractivity (Wildman–Crippen MR) is 101 cm³/mol. The van der Waals surface area contributed by atoms with Crippen molar-refractivity contribution in [1.29, 1.82) is 0 Å². The number of benzene rings is 2. The van der Waals surface area contributed by atoms with Crippen LogP contribution in [-0.2, 0) is 22.6 Å². The van der Waals surface area contributed by atoms with E-state index in [4.69, 9.17) is 4.74 Å². The Hall–Kier alpha value is -2.47. The van der Waals surface area contributed by atoms with Gasteiger partial charge < -0.3 is 15.4 Å². The number of rotatable bonds is 8. The minimum Gasteiger partial charge on any atom is -0.445 e. The van der Waals surface area contributed by atoms with E-state index in [2.05, 4.69) is 23.3 Å². The van der Waals surface area contributed by atoms with Crippen LogP contribution in [0.1, 0.15) is 11.1 Å². The molecular formula is C19H22N2O3S. The lowest BCUT2D eigenvalue weighted by atomic mass is 10.1. The molecule has 0 aliphatic carbocycles. The van der Waals surface area contributed by atoms with Gasteiger partial charge in [-0.15, -0.1) is 0 Å². The lowest BCUT2D eigenvalue weighted by Crippen LogP contribution is -2.48. The Labute approximate surface area is 153 Å². The number of alkyl carbamates (subject to hydrolysis) is 1. The molecule has 0 radical (unpaired) electrons. The minimum atomic E-state index is -0.734. The SMILES string of the molecule is O=C(N[C@@H](CS)C(=O)NCCc1ccccc1)OCc1ccccc1. The Kier molecular flexibility index (Phi) is 7.85. The van der Waals surface area contributed by atoms with Gasteiger partial charge in [-0.3, -0.25) is 4.79 Å². The molecule has 0 bridgehead atoms. The van der Waals surface area contributed by atoms with Crippen molar-refractivity contribution in [3.8, 4) is 0 Å². The highest BCUT2D eigenvalue weighted by Gasteiger charge is 2.19. The topological polar surface area (TPSA) is 67.4 Å². The molecule has 0 spiro atoms. The molecule has 2 aromatic rings. The molecule has 5 nitrogen and oxygen atoms in total. The van der Waals surface area contributed by atoms with Gasteiger partial charge in [0.25, 0.3) is 0 Å². The fourth-order valence-electron chi connectivity index (χ4n) is 2.20. The van der Waals surface area contributed by atoms with Gasteiger partial charge in [0.05, 0.1) is 0 Å². The first-order valence-corrected chi connectivity index (χ1v) is 8.72. The van der Waals surface area contributed by atoms with Gasteiger partial charge in [-0.1, -0.05) is 60.7 Å². The standard InChI is InChI=1S/C19H22N2O3S/c22-18(20-12-11-15-7-3-1-4-8-15)17(14-25)21-19(23)24-13-16-9-5-2-6-10-16/h1-10,17,25H,11-14H2,(H,20,22)(H,21,23)/t17-/m0/s1. The van der Waals surface area contributed by atoms with Crippen molar-refractivity contribution in [2.24, 2.45) is 0 Å². The highest BCUT2D eigenvalue weighted by atomic mass is 32.1. The fourth-order valence-corrected chi connectivity index (χ4v) is 2.46. The maximum atomic E-state index is 12.1. The van der Waals surface area contributed by atoms with Crippen LogP contribution in [0.4, 0.5) is 4.79 Å². The van der Waals surface area contributed by atoms with Gasteiger partial charge >= 0.3 is 6.09 Å². The summed E-state index contributed by atoms with van der Waals surface area (Å²) in [6.45, 7) is 0.648. The first-order valence-electron chi connectivity index (χ1n) is 8.08. The van der Waals surface area contributed by atoms with E-state index in [1.165, 1.54) is 0 Å². The number of hydrogen-bond donors (Lipinski definition) is 3. The summed E-state index contributed by atoms with van der Waals surface area (Å²) in [6.07, 6.45) is 0.0887. The summed E-state index contributed by atoms with van der Waals surface area (Å²) in [5, 5.41) is 5.34. The molecule has 0 fully saturated rings. The summed E-state index contributed by atoms with van der Waals surface area (Å²) < 4.78 is 5.12. The average Bonchev–Trinajstić information content (AvgIpc) is 2.66. The number of amides is 2. The summed E-state index contributed by atoms with van der Waals surface area (Å²) in [7, 11) is 0. The molecule has 1 atom stereocenters. The van der Waals surface area contributed by atoms with Crippen LogP contribution in [0, 0.1) is 0 Å². The van der Waals surface area contributed by atoms with E-state index in [-0.39, 0.29) is 18.3 Å². The summed E-state index contributed by atoms with van der Waals surface area (Å²) >= 11 is 4.13. The molecule has 0 aliphatic rings. The van der Waals surface area contributed by atoms with E-state index in [0.29, 0.717) is 6.54 Å². The van der Waals surface area contributed by atoms with Crippen LogP contribution in [0.2, 0.25) is 0 Å². The zero-order valence-electron chi connectivity index (χ0n) is 13.9. The zero-order chi connectivity index (χ0) is 17.9. The van der Waals surface area contributed by atoms with Gasteiger partial charge in [0.15, 0.2) is 0 Å².